The quantitative estimate of drug-likeness (QED) is 0.529. The number of halogens is 1. The van der Waals surface area contributed by atoms with Gasteiger partial charge in [0.05, 0.1) is 23.8 Å². The number of aliphatic hydroxyl groups excluding tert-OH is 1. The molecule has 1 atom stereocenters. The van der Waals surface area contributed by atoms with Crippen LogP contribution in [0.4, 0.5) is 0 Å². The third kappa shape index (κ3) is 3.72. The van der Waals surface area contributed by atoms with E-state index in [-0.39, 0.29) is 18.7 Å². The first kappa shape index (κ1) is 17.7. The standard InChI is InChI=1S/C21H17BrN2O3/c22-15-8-9-19-18(10-15)21(26)24(13-23-19)11-16(25)12-27-20-7-3-5-14-4-1-2-6-17(14)20/h1-10,13,16,25H,11-12H2/t16-/m0/s1. The lowest BCUT2D eigenvalue weighted by Gasteiger charge is -2.15. The molecule has 6 heteroatoms. The van der Waals surface area contributed by atoms with Gasteiger partial charge in [0.25, 0.3) is 5.56 Å². The first-order valence-corrected chi connectivity index (χ1v) is 9.34. The van der Waals surface area contributed by atoms with E-state index in [0.717, 1.165) is 15.2 Å². The van der Waals surface area contributed by atoms with Gasteiger partial charge in [-0.3, -0.25) is 9.36 Å². The maximum atomic E-state index is 12.6. The van der Waals surface area contributed by atoms with Gasteiger partial charge in [-0.2, -0.15) is 0 Å². The van der Waals surface area contributed by atoms with Gasteiger partial charge in [-0.15, -0.1) is 0 Å². The van der Waals surface area contributed by atoms with Crippen molar-refractivity contribution in [2.75, 3.05) is 6.61 Å². The van der Waals surface area contributed by atoms with E-state index < -0.39 is 6.10 Å². The third-order valence-electron chi connectivity index (χ3n) is 4.37. The number of hydrogen-bond donors (Lipinski definition) is 1. The summed E-state index contributed by atoms with van der Waals surface area (Å²) in [6.45, 7) is 0.190. The maximum absolute atomic E-state index is 12.6. The number of fused-ring (bicyclic) bond motifs is 2. The average molecular weight is 425 g/mol. The van der Waals surface area contributed by atoms with Crippen LogP contribution in [-0.4, -0.2) is 27.4 Å². The second kappa shape index (κ2) is 7.50. The third-order valence-corrected chi connectivity index (χ3v) is 4.87. The van der Waals surface area contributed by atoms with Gasteiger partial charge < -0.3 is 9.84 Å². The van der Waals surface area contributed by atoms with E-state index in [4.69, 9.17) is 4.74 Å². The zero-order valence-corrected chi connectivity index (χ0v) is 16.0. The maximum Gasteiger partial charge on any atom is 0.261 e. The zero-order valence-electron chi connectivity index (χ0n) is 14.4. The number of aliphatic hydroxyl groups is 1. The Morgan fingerprint density at radius 1 is 1.07 bits per heavy atom. The Kier molecular flexibility index (Phi) is 4.92. The van der Waals surface area contributed by atoms with Crippen molar-refractivity contribution in [3.05, 3.63) is 81.8 Å². The molecule has 136 valence electrons. The highest BCUT2D eigenvalue weighted by Crippen LogP contribution is 2.25. The van der Waals surface area contributed by atoms with E-state index in [1.165, 1.54) is 10.9 Å². The number of ether oxygens (including phenoxy) is 1. The van der Waals surface area contributed by atoms with E-state index in [1.807, 2.05) is 48.5 Å². The van der Waals surface area contributed by atoms with Crippen molar-refractivity contribution >= 4 is 37.6 Å². The zero-order chi connectivity index (χ0) is 18.8. The molecule has 5 nitrogen and oxygen atoms in total. The molecule has 3 aromatic carbocycles. The minimum absolute atomic E-state index is 0.0803. The largest absolute Gasteiger partial charge is 0.490 e. The molecule has 0 saturated carbocycles. The van der Waals surface area contributed by atoms with Crippen LogP contribution in [0.15, 0.2) is 76.3 Å². The molecule has 0 aliphatic heterocycles. The number of nitrogens with zero attached hydrogens (tertiary/aromatic N) is 2. The fraction of sp³-hybridized carbons (Fsp3) is 0.143. The lowest BCUT2D eigenvalue weighted by Crippen LogP contribution is -2.30. The minimum atomic E-state index is -0.840. The lowest BCUT2D eigenvalue weighted by atomic mass is 10.1. The fourth-order valence-corrected chi connectivity index (χ4v) is 3.41. The summed E-state index contributed by atoms with van der Waals surface area (Å²) in [6.07, 6.45) is 0.618. The van der Waals surface area contributed by atoms with E-state index in [0.29, 0.717) is 16.7 Å². The fourth-order valence-electron chi connectivity index (χ4n) is 3.05. The predicted octanol–water partition coefficient (Wildman–Crippen LogP) is 3.75. The van der Waals surface area contributed by atoms with E-state index >= 15 is 0 Å². The highest BCUT2D eigenvalue weighted by molar-refractivity contribution is 9.10. The number of rotatable bonds is 5. The van der Waals surface area contributed by atoms with Gasteiger partial charge in [0, 0.05) is 9.86 Å². The summed E-state index contributed by atoms with van der Waals surface area (Å²) in [6, 6.07) is 19.1. The Morgan fingerprint density at radius 3 is 2.78 bits per heavy atom. The van der Waals surface area contributed by atoms with Crippen molar-refractivity contribution < 1.29 is 9.84 Å². The molecule has 4 aromatic rings. The van der Waals surface area contributed by atoms with Gasteiger partial charge in [-0.05, 0) is 29.7 Å². The molecule has 0 aliphatic carbocycles. The van der Waals surface area contributed by atoms with Gasteiger partial charge in [-0.25, -0.2) is 4.98 Å². The topological polar surface area (TPSA) is 64.4 Å². The smallest absolute Gasteiger partial charge is 0.261 e. The summed E-state index contributed by atoms with van der Waals surface area (Å²) in [5.41, 5.74) is 0.437. The monoisotopic (exact) mass is 424 g/mol. The number of benzene rings is 3. The molecule has 27 heavy (non-hydrogen) atoms. The molecule has 0 aliphatic rings. The van der Waals surface area contributed by atoms with Crippen molar-refractivity contribution in [1.29, 1.82) is 0 Å². The SMILES string of the molecule is O=c1c2cc(Br)ccc2ncn1C[C@H](O)COc1cccc2ccccc12. The molecule has 0 bridgehead atoms. The van der Waals surface area contributed by atoms with Crippen LogP contribution in [0.2, 0.25) is 0 Å². The average Bonchev–Trinajstić information content (AvgIpc) is 2.69. The van der Waals surface area contributed by atoms with Gasteiger partial charge in [-0.1, -0.05) is 52.3 Å². The van der Waals surface area contributed by atoms with Crippen LogP contribution < -0.4 is 10.3 Å². The van der Waals surface area contributed by atoms with Crippen LogP contribution >= 0.6 is 15.9 Å². The predicted molar refractivity (Wildman–Crippen MR) is 109 cm³/mol. The van der Waals surface area contributed by atoms with Crippen LogP contribution in [0.5, 0.6) is 5.75 Å². The molecule has 4 rings (SSSR count). The summed E-state index contributed by atoms with van der Waals surface area (Å²) in [5, 5.41) is 12.9. The molecule has 1 N–H and O–H groups in total. The molecule has 0 fully saturated rings. The van der Waals surface area contributed by atoms with Crippen molar-refractivity contribution in [2.24, 2.45) is 0 Å². The Hall–Kier alpha value is -2.70. The molecule has 0 amide bonds. The van der Waals surface area contributed by atoms with Gasteiger partial charge in [0.2, 0.25) is 0 Å². The van der Waals surface area contributed by atoms with E-state index in [2.05, 4.69) is 20.9 Å². The summed E-state index contributed by atoms with van der Waals surface area (Å²) >= 11 is 3.37. The molecule has 0 saturated heterocycles. The molecule has 1 heterocycles. The summed E-state index contributed by atoms with van der Waals surface area (Å²) in [4.78, 5) is 16.9. The lowest BCUT2D eigenvalue weighted by molar-refractivity contribution is 0.0922. The summed E-state index contributed by atoms with van der Waals surface area (Å²) in [5.74, 6) is 0.708. The van der Waals surface area contributed by atoms with Gasteiger partial charge >= 0.3 is 0 Å². The second-order valence-electron chi connectivity index (χ2n) is 6.31. The Balaban J connectivity index is 1.51. The van der Waals surface area contributed by atoms with Gasteiger partial charge in [0.1, 0.15) is 18.5 Å². The first-order chi connectivity index (χ1) is 13.1. The Labute approximate surface area is 164 Å². The number of aromatic nitrogens is 2. The van der Waals surface area contributed by atoms with Crippen LogP contribution in [0.1, 0.15) is 0 Å². The van der Waals surface area contributed by atoms with E-state index in [1.54, 1.807) is 12.1 Å². The number of hydrogen-bond acceptors (Lipinski definition) is 4. The van der Waals surface area contributed by atoms with Gasteiger partial charge in [0.15, 0.2) is 0 Å². The minimum Gasteiger partial charge on any atom is -0.490 e. The normalized spacial score (nSPS) is 12.4. The molecule has 0 radical (unpaired) electrons. The van der Waals surface area contributed by atoms with Crippen LogP contribution in [0.25, 0.3) is 21.7 Å². The second-order valence-corrected chi connectivity index (χ2v) is 7.22. The Bertz CT molecular complexity index is 1170. The van der Waals surface area contributed by atoms with Crippen LogP contribution in [0.3, 0.4) is 0 Å². The van der Waals surface area contributed by atoms with E-state index in [9.17, 15) is 9.90 Å². The summed E-state index contributed by atoms with van der Waals surface area (Å²) < 4.78 is 8.03. The molecule has 0 spiro atoms. The molecule has 1 aromatic heterocycles. The Morgan fingerprint density at radius 2 is 1.89 bits per heavy atom. The van der Waals surface area contributed by atoms with Crippen molar-refractivity contribution in [1.82, 2.24) is 9.55 Å². The highest BCUT2D eigenvalue weighted by atomic mass is 79.9. The highest BCUT2D eigenvalue weighted by Gasteiger charge is 2.11. The van der Waals surface area contributed by atoms with Crippen LogP contribution in [0, 0.1) is 0 Å². The molecule has 0 unspecified atom stereocenters. The van der Waals surface area contributed by atoms with Crippen LogP contribution in [-0.2, 0) is 6.54 Å². The molecular formula is C21H17BrN2O3. The first-order valence-electron chi connectivity index (χ1n) is 8.55. The molecular weight excluding hydrogens is 408 g/mol. The van der Waals surface area contributed by atoms with Crippen molar-refractivity contribution in [3.8, 4) is 5.75 Å². The van der Waals surface area contributed by atoms with Crippen molar-refractivity contribution in [2.45, 2.75) is 12.6 Å². The summed E-state index contributed by atoms with van der Waals surface area (Å²) in [7, 11) is 0. The van der Waals surface area contributed by atoms with Crippen molar-refractivity contribution in [3.63, 3.8) is 0 Å².